The van der Waals surface area contributed by atoms with E-state index in [1.54, 1.807) is 29.2 Å². The summed E-state index contributed by atoms with van der Waals surface area (Å²) >= 11 is 0. The number of nitrogens with zero attached hydrogens (tertiary/aromatic N) is 3. The largest absolute Gasteiger partial charge is 0.378 e. The van der Waals surface area contributed by atoms with Gasteiger partial charge in [0.1, 0.15) is 17.3 Å². The number of ether oxygens (including phenoxy) is 2. The van der Waals surface area contributed by atoms with E-state index in [9.17, 15) is 13.6 Å². The Bertz CT molecular complexity index is 1160. The van der Waals surface area contributed by atoms with E-state index >= 15 is 0 Å². The Morgan fingerprint density at radius 1 is 1.06 bits per heavy atom. The van der Waals surface area contributed by atoms with Crippen molar-refractivity contribution in [1.82, 2.24) is 10.1 Å². The van der Waals surface area contributed by atoms with Crippen LogP contribution in [0, 0.1) is 11.6 Å². The molecule has 0 saturated carbocycles. The Hall–Kier alpha value is -3.30. The molecule has 9 heteroatoms. The van der Waals surface area contributed by atoms with Crippen LogP contribution in [0.15, 0.2) is 53.1 Å². The zero-order valence-electron chi connectivity index (χ0n) is 19.3. The number of benzene rings is 2. The van der Waals surface area contributed by atoms with Crippen molar-refractivity contribution in [1.29, 1.82) is 0 Å². The summed E-state index contributed by atoms with van der Waals surface area (Å²) in [6, 6.07) is 11.9. The fourth-order valence-electron chi connectivity index (χ4n) is 4.54. The zero-order valence-corrected chi connectivity index (χ0v) is 19.3. The predicted molar refractivity (Wildman–Crippen MR) is 125 cm³/mol. The van der Waals surface area contributed by atoms with Crippen LogP contribution in [0.1, 0.15) is 28.8 Å². The lowest BCUT2D eigenvalue weighted by Crippen LogP contribution is -2.39. The number of hydrogen-bond acceptors (Lipinski definition) is 6. The smallest absolute Gasteiger partial charge is 0.257 e. The summed E-state index contributed by atoms with van der Waals surface area (Å²) in [6.45, 7) is 3.38. The van der Waals surface area contributed by atoms with Crippen LogP contribution in [0.25, 0.3) is 11.3 Å². The predicted octanol–water partition coefficient (Wildman–Crippen LogP) is 4.28. The van der Waals surface area contributed by atoms with Crippen molar-refractivity contribution in [3.63, 3.8) is 0 Å². The summed E-state index contributed by atoms with van der Waals surface area (Å²) in [5.74, 6) is -0.835. The zero-order chi connectivity index (χ0) is 24.2. The van der Waals surface area contributed by atoms with E-state index in [4.69, 9.17) is 14.0 Å². The van der Waals surface area contributed by atoms with Gasteiger partial charge in [0.25, 0.3) is 5.91 Å². The molecule has 3 aromatic rings. The summed E-state index contributed by atoms with van der Waals surface area (Å²) < 4.78 is 45.2. The first-order chi connectivity index (χ1) is 17.1. The highest BCUT2D eigenvalue weighted by Gasteiger charge is 2.30. The van der Waals surface area contributed by atoms with Crippen LogP contribution in [0.5, 0.6) is 0 Å². The van der Waals surface area contributed by atoms with E-state index in [0.29, 0.717) is 62.2 Å². The Morgan fingerprint density at radius 2 is 1.83 bits per heavy atom. The standard InChI is InChI=1S/C26H27F2N3O4/c27-19-9-7-18(8-10-19)24-22(26(35-29-24)30-11-14-33-15-12-30)17-31(16-20-4-3-13-34-20)25(32)21-5-1-2-6-23(21)28/h1-2,5-10,20H,3-4,11-17H2. The molecule has 5 rings (SSSR count). The maximum atomic E-state index is 14.6. The Labute approximate surface area is 202 Å². The number of hydrogen-bond donors (Lipinski definition) is 0. The minimum atomic E-state index is -0.577. The summed E-state index contributed by atoms with van der Waals surface area (Å²) in [4.78, 5) is 17.2. The first kappa shape index (κ1) is 23.4. The molecule has 35 heavy (non-hydrogen) atoms. The minimum absolute atomic E-state index is 0.00166. The normalized spacial score (nSPS) is 18.1. The molecule has 0 aliphatic carbocycles. The minimum Gasteiger partial charge on any atom is -0.378 e. The Morgan fingerprint density at radius 3 is 2.54 bits per heavy atom. The van der Waals surface area contributed by atoms with Gasteiger partial charge in [0.05, 0.1) is 37.0 Å². The number of carbonyl (C=O) groups excluding carboxylic acids is 1. The van der Waals surface area contributed by atoms with E-state index in [0.717, 1.165) is 12.8 Å². The summed E-state index contributed by atoms with van der Waals surface area (Å²) in [7, 11) is 0. The number of rotatable bonds is 7. The molecular formula is C26H27F2N3O4. The lowest BCUT2D eigenvalue weighted by Gasteiger charge is -2.29. The number of amides is 1. The number of morpholine rings is 1. The molecule has 0 radical (unpaired) electrons. The number of halogens is 2. The molecule has 184 valence electrons. The van der Waals surface area contributed by atoms with Crippen molar-refractivity contribution in [2.45, 2.75) is 25.5 Å². The quantitative estimate of drug-likeness (QED) is 0.500. The van der Waals surface area contributed by atoms with Gasteiger partial charge in [0.15, 0.2) is 0 Å². The second-order valence-corrected chi connectivity index (χ2v) is 8.72. The third-order valence-corrected chi connectivity index (χ3v) is 6.37. The molecule has 2 aliphatic rings. The molecule has 7 nitrogen and oxygen atoms in total. The van der Waals surface area contributed by atoms with E-state index in [2.05, 4.69) is 5.16 Å². The monoisotopic (exact) mass is 483 g/mol. The van der Waals surface area contributed by atoms with E-state index < -0.39 is 11.7 Å². The maximum absolute atomic E-state index is 14.6. The second-order valence-electron chi connectivity index (χ2n) is 8.72. The van der Waals surface area contributed by atoms with E-state index in [1.807, 2.05) is 4.90 Å². The van der Waals surface area contributed by atoms with Gasteiger partial charge in [-0.3, -0.25) is 4.79 Å². The summed E-state index contributed by atoms with van der Waals surface area (Å²) in [6.07, 6.45) is 1.61. The van der Waals surface area contributed by atoms with Gasteiger partial charge in [-0.15, -0.1) is 0 Å². The Kier molecular flexibility index (Phi) is 7.06. The third kappa shape index (κ3) is 5.21. The number of carbonyl (C=O) groups is 1. The fourth-order valence-corrected chi connectivity index (χ4v) is 4.54. The molecule has 0 spiro atoms. The van der Waals surface area contributed by atoms with Crippen LogP contribution in [0.4, 0.5) is 14.7 Å². The molecule has 1 amide bonds. The molecule has 3 heterocycles. The van der Waals surface area contributed by atoms with Gasteiger partial charge in [-0.1, -0.05) is 17.3 Å². The van der Waals surface area contributed by atoms with E-state index in [1.165, 1.54) is 24.3 Å². The topological polar surface area (TPSA) is 68.0 Å². The van der Waals surface area contributed by atoms with Crippen LogP contribution in [-0.2, 0) is 16.0 Å². The van der Waals surface area contributed by atoms with Crippen LogP contribution in [0.3, 0.4) is 0 Å². The summed E-state index contributed by atoms with van der Waals surface area (Å²) in [5.41, 5.74) is 1.87. The lowest BCUT2D eigenvalue weighted by molar-refractivity contribution is 0.0503. The van der Waals surface area contributed by atoms with Crippen LogP contribution >= 0.6 is 0 Å². The van der Waals surface area contributed by atoms with Crippen molar-refractivity contribution in [2.75, 3.05) is 44.4 Å². The highest BCUT2D eigenvalue weighted by atomic mass is 19.1. The first-order valence-electron chi connectivity index (χ1n) is 11.8. The van der Waals surface area contributed by atoms with E-state index in [-0.39, 0.29) is 24.0 Å². The van der Waals surface area contributed by atoms with Crippen molar-refractivity contribution < 1.29 is 27.6 Å². The van der Waals surface area contributed by atoms with Crippen molar-refractivity contribution in [3.05, 3.63) is 71.3 Å². The average Bonchev–Trinajstić information content (AvgIpc) is 3.55. The Balaban J connectivity index is 1.53. The maximum Gasteiger partial charge on any atom is 0.257 e. The SMILES string of the molecule is O=C(c1ccccc1F)N(Cc1c(-c2ccc(F)cc2)noc1N1CCOCC1)CC1CCCO1. The number of aromatic nitrogens is 1. The molecule has 1 aromatic heterocycles. The number of anilines is 1. The molecule has 2 saturated heterocycles. The van der Waals surface area contributed by atoms with Crippen molar-refractivity contribution in [3.8, 4) is 11.3 Å². The second kappa shape index (κ2) is 10.5. The van der Waals surface area contributed by atoms with Crippen LogP contribution < -0.4 is 4.90 Å². The highest BCUT2D eigenvalue weighted by molar-refractivity contribution is 5.94. The molecule has 2 aliphatic heterocycles. The van der Waals surface area contributed by atoms with Crippen LogP contribution in [0.2, 0.25) is 0 Å². The molecule has 1 atom stereocenters. The van der Waals surface area contributed by atoms with Crippen LogP contribution in [-0.4, -0.2) is 61.5 Å². The summed E-state index contributed by atoms with van der Waals surface area (Å²) in [5, 5.41) is 4.30. The van der Waals surface area contributed by atoms with Gasteiger partial charge in [0.2, 0.25) is 5.88 Å². The van der Waals surface area contributed by atoms with Gasteiger partial charge in [0, 0.05) is 31.8 Å². The molecule has 2 aromatic carbocycles. The van der Waals surface area contributed by atoms with Gasteiger partial charge in [-0.25, -0.2) is 8.78 Å². The fraction of sp³-hybridized carbons (Fsp3) is 0.385. The van der Waals surface area contributed by atoms with Crippen molar-refractivity contribution in [2.24, 2.45) is 0 Å². The third-order valence-electron chi connectivity index (χ3n) is 6.37. The van der Waals surface area contributed by atoms with Gasteiger partial charge >= 0.3 is 0 Å². The van der Waals surface area contributed by atoms with Gasteiger partial charge in [-0.2, -0.15) is 0 Å². The lowest BCUT2D eigenvalue weighted by atomic mass is 10.1. The van der Waals surface area contributed by atoms with Crippen molar-refractivity contribution >= 4 is 11.8 Å². The van der Waals surface area contributed by atoms with Gasteiger partial charge in [-0.05, 0) is 49.2 Å². The van der Waals surface area contributed by atoms with Gasteiger partial charge < -0.3 is 23.8 Å². The molecule has 0 N–H and O–H groups in total. The molecule has 1 unspecified atom stereocenters. The molecule has 2 fully saturated rings. The molecule has 0 bridgehead atoms. The first-order valence-corrected chi connectivity index (χ1v) is 11.8. The average molecular weight is 484 g/mol. The molecular weight excluding hydrogens is 456 g/mol. The highest BCUT2D eigenvalue weighted by Crippen LogP contribution is 2.34.